The number of carbonyl (C=O) groups is 1. The summed E-state index contributed by atoms with van der Waals surface area (Å²) in [5.41, 5.74) is -0.403. The SMILES string of the molecule is CC(C(=O)OC(C)(C)C)N(C)CC1CCN(C)C1. The lowest BCUT2D eigenvalue weighted by molar-refractivity contribution is -0.160. The molecule has 0 spiro atoms. The number of nitrogens with zero attached hydrogens (tertiary/aromatic N) is 2. The number of likely N-dealkylation sites (N-methyl/N-ethyl adjacent to an activating group) is 1. The van der Waals surface area contributed by atoms with E-state index in [1.807, 2.05) is 34.7 Å². The monoisotopic (exact) mass is 256 g/mol. The maximum absolute atomic E-state index is 12.0. The standard InChI is InChI=1S/C14H28N2O2/c1-11(13(17)18-14(2,3)4)16(6)10-12-7-8-15(5)9-12/h11-12H,7-10H2,1-6H3. The number of carbonyl (C=O) groups excluding carboxylic acids is 1. The van der Waals surface area contributed by atoms with Crippen LogP contribution >= 0.6 is 0 Å². The van der Waals surface area contributed by atoms with Crippen LogP contribution in [0.3, 0.4) is 0 Å². The summed E-state index contributed by atoms with van der Waals surface area (Å²) >= 11 is 0. The second-order valence-electron chi connectivity index (χ2n) is 6.57. The Balaban J connectivity index is 2.41. The van der Waals surface area contributed by atoms with Gasteiger partial charge < -0.3 is 9.64 Å². The third-order valence-electron chi connectivity index (χ3n) is 3.44. The summed E-state index contributed by atoms with van der Waals surface area (Å²) in [7, 11) is 4.16. The molecule has 18 heavy (non-hydrogen) atoms. The topological polar surface area (TPSA) is 32.8 Å². The first-order chi connectivity index (χ1) is 8.19. The van der Waals surface area contributed by atoms with Gasteiger partial charge in [0.2, 0.25) is 0 Å². The van der Waals surface area contributed by atoms with E-state index in [9.17, 15) is 4.79 Å². The second kappa shape index (κ2) is 6.02. The van der Waals surface area contributed by atoms with Crippen LogP contribution < -0.4 is 0 Å². The molecule has 1 aliphatic rings. The van der Waals surface area contributed by atoms with E-state index in [0.717, 1.165) is 13.1 Å². The molecule has 0 aromatic rings. The van der Waals surface area contributed by atoms with Gasteiger partial charge in [-0.3, -0.25) is 9.69 Å². The lowest BCUT2D eigenvalue weighted by atomic mass is 10.1. The van der Waals surface area contributed by atoms with Gasteiger partial charge in [0.15, 0.2) is 0 Å². The zero-order chi connectivity index (χ0) is 13.9. The minimum atomic E-state index is -0.403. The summed E-state index contributed by atoms with van der Waals surface area (Å²) in [6.07, 6.45) is 1.22. The molecule has 2 atom stereocenters. The second-order valence-corrected chi connectivity index (χ2v) is 6.57. The molecule has 0 N–H and O–H groups in total. The first-order valence-electron chi connectivity index (χ1n) is 6.80. The van der Waals surface area contributed by atoms with Crippen LogP contribution in [-0.2, 0) is 9.53 Å². The molecular formula is C14H28N2O2. The molecule has 0 aromatic carbocycles. The van der Waals surface area contributed by atoms with Crippen LogP contribution in [0.25, 0.3) is 0 Å². The van der Waals surface area contributed by atoms with Crippen LogP contribution in [0.15, 0.2) is 0 Å². The van der Waals surface area contributed by atoms with Crippen molar-refractivity contribution >= 4 is 5.97 Å². The Morgan fingerprint density at radius 3 is 2.56 bits per heavy atom. The van der Waals surface area contributed by atoms with Crippen molar-refractivity contribution in [2.75, 3.05) is 33.7 Å². The molecule has 1 fully saturated rings. The van der Waals surface area contributed by atoms with Gasteiger partial charge in [-0.2, -0.15) is 0 Å². The summed E-state index contributed by atoms with van der Waals surface area (Å²) in [4.78, 5) is 16.4. The fourth-order valence-corrected chi connectivity index (χ4v) is 2.31. The highest BCUT2D eigenvalue weighted by Gasteiger charge is 2.27. The van der Waals surface area contributed by atoms with Crippen molar-refractivity contribution in [3.8, 4) is 0 Å². The Labute approximate surface area is 111 Å². The van der Waals surface area contributed by atoms with E-state index in [1.54, 1.807) is 0 Å². The van der Waals surface area contributed by atoms with E-state index in [-0.39, 0.29) is 12.0 Å². The Hall–Kier alpha value is -0.610. The third kappa shape index (κ3) is 4.94. The van der Waals surface area contributed by atoms with E-state index < -0.39 is 5.60 Å². The van der Waals surface area contributed by atoms with E-state index in [2.05, 4.69) is 16.8 Å². The molecule has 1 saturated heterocycles. The van der Waals surface area contributed by atoms with Crippen LogP contribution in [0.2, 0.25) is 0 Å². The number of hydrogen-bond donors (Lipinski definition) is 0. The fraction of sp³-hybridized carbons (Fsp3) is 0.929. The molecule has 0 amide bonds. The Kier molecular flexibility index (Phi) is 5.17. The zero-order valence-corrected chi connectivity index (χ0v) is 12.7. The van der Waals surface area contributed by atoms with E-state index >= 15 is 0 Å². The highest BCUT2D eigenvalue weighted by molar-refractivity contribution is 5.75. The summed E-state index contributed by atoms with van der Waals surface area (Å²) in [5.74, 6) is 0.543. The van der Waals surface area contributed by atoms with E-state index in [1.165, 1.54) is 13.0 Å². The quantitative estimate of drug-likeness (QED) is 0.715. The highest BCUT2D eigenvalue weighted by Crippen LogP contribution is 2.17. The average Bonchev–Trinajstić information content (AvgIpc) is 2.60. The van der Waals surface area contributed by atoms with E-state index in [0.29, 0.717) is 5.92 Å². The van der Waals surface area contributed by atoms with Crippen LogP contribution in [0.5, 0.6) is 0 Å². The van der Waals surface area contributed by atoms with Gasteiger partial charge in [0.05, 0.1) is 0 Å². The molecule has 1 aliphatic heterocycles. The molecule has 0 aromatic heterocycles. The Morgan fingerprint density at radius 1 is 1.50 bits per heavy atom. The first-order valence-corrected chi connectivity index (χ1v) is 6.80. The molecule has 1 heterocycles. The maximum Gasteiger partial charge on any atom is 0.323 e. The van der Waals surface area contributed by atoms with Gasteiger partial charge in [-0.25, -0.2) is 0 Å². The highest BCUT2D eigenvalue weighted by atomic mass is 16.6. The van der Waals surface area contributed by atoms with Gasteiger partial charge in [0.1, 0.15) is 11.6 Å². The van der Waals surface area contributed by atoms with Crippen molar-refractivity contribution in [2.45, 2.75) is 45.8 Å². The van der Waals surface area contributed by atoms with Gasteiger partial charge in [-0.1, -0.05) is 0 Å². The molecule has 106 valence electrons. The smallest absolute Gasteiger partial charge is 0.323 e. The summed E-state index contributed by atoms with van der Waals surface area (Å²) < 4.78 is 5.42. The van der Waals surface area contributed by atoms with Crippen LogP contribution in [0.1, 0.15) is 34.1 Å². The average molecular weight is 256 g/mol. The van der Waals surface area contributed by atoms with Crippen molar-refractivity contribution in [1.29, 1.82) is 0 Å². The van der Waals surface area contributed by atoms with Gasteiger partial charge in [-0.05, 0) is 60.7 Å². The molecule has 0 saturated carbocycles. The first kappa shape index (κ1) is 15.4. The third-order valence-corrected chi connectivity index (χ3v) is 3.44. The Bertz CT molecular complexity index is 286. The molecule has 4 nitrogen and oxygen atoms in total. The zero-order valence-electron chi connectivity index (χ0n) is 12.7. The normalized spacial score (nSPS) is 23.4. The molecular weight excluding hydrogens is 228 g/mol. The molecule has 2 unspecified atom stereocenters. The predicted octanol–water partition coefficient (Wildman–Crippen LogP) is 1.60. The fourth-order valence-electron chi connectivity index (χ4n) is 2.31. The van der Waals surface area contributed by atoms with Gasteiger partial charge in [-0.15, -0.1) is 0 Å². The number of ether oxygens (including phenoxy) is 1. The summed E-state index contributed by atoms with van der Waals surface area (Å²) in [6, 6.07) is -0.171. The molecule has 1 rings (SSSR count). The molecule has 0 bridgehead atoms. The van der Waals surface area contributed by atoms with Crippen molar-refractivity contribution < 1.29 is 9.53 Å². The van der Waals surface area contributed by atoms with Gasteiger partial charge in [0, 0.05) is 13.1 Å². The van der Waals surface area contributed by atoms with Crippen LogP contribution in [0, 0.1) is 5.92 Å². The number of likely N-dealkylation sites (tertiary alicyclic amines) is 1. The minimum absolute atomic E-state index is 0.128. The summed E-state index contributed by atoms with van der Waals surface area (Å²) in [6.45, 7) is 10.9. The van der Waals surface area contributed by atoms with E-state index in [4.69, 9.17) is 4.74 Å². The predicted molar refractivity (Wildman–Crippen MR) is 73.5 cm³/mol. The number of esters is 1. The minimum Gasteiger partial charge on any atom is -0.459 e. The van der Waals surface area contributed by atoms with Crippen molar-refractivity contribution in [1.82, 2.24) is 9.80 Å². The molecule has 4 heteroatoms. The Morgan fingerprint density at radius 2 is 2.11 bits per heavy atom. The van der Waals surface area contributed by atoms with Crippen molar-refractivity contribution in [3.63, 3.8) is 0 Å². The number of hydrogen-bond acceptors (Lipinski definition) is 4. The van der Waals surface area contributed by atoms with Gasteiger partial charge in [0.25, 0.3) is 0 Å². The largest absolute Gasteiger partial charge is 0.459 e. The lowest BCUT2D eigenvalue weighted by Crippen LogP contribution is -2.42. The number of rotatable bonds is 4. The maximum atomic E-state index is 12.0. The van der Waals surface area contributed by atoms with Crippen LogP contribution in [-0.4, -0.2) is 61.1 Å². The molecule has 0 aliphatic carbocycles. The van der Waals surface area contributed by atoms with Crippen molar-refractivity contribution in [3.05, 3.63) is 0 Å². The summed E-state index contributed by atoms with van der Waals surface area (Å²) in [5, 5.41) is 0. The van der Waals surface area contributed by atoms with Crippen molar-refractivity contribution in [2.24, 2.45) is 5.92 Å². The molecule has 0 radical (unpaired) electrons. The van der Waals surface area contributed by atoms with Crippen LogP contribution in [0.4, 0.5) is 0 Å². The van der Waals surface area contributed by atoms with Gasteiger partial charge >= 0.3 is 5.97 Å². The lowest BCUT2D eigenvalue weighted by Gasteiger charge is -2.29.